The average Bonchev–Trinajstić information content (AvgIpc) is 3.29. The van der Waals surface area contributed by atoms with Gasteiger partial charge in [0.15, 0.2) is 11.0 Å². The number of rotatable bonds is 15. The number of nitrogens with zero attached hydrogens (tertiary/aromatic N) is 4. The van der Waals surface area contributed by atoms with Gasteiger partial charge in [-0.15, -0.1) is 10.2 Å². The van der Waals surface area contributed by atoms with Gasteiger partial charge in [-0.2, -0.15) is 0 Å². The second-order valence-corrected chi connectivity index (χ2v) is 9.81. The first-order chi connectivity index (χ1) is 17.5. The smallest absolute Gasteiger partial charge is 0.269 e. The molecule has 0 saturated heterocycles. The molecule has 3 rings (SSSR count). The van der Waals surface area contributed by atoms with Crippen LogP contribution < -0.4 is 5.32 Å². The molecule has 1 amide bonds. The van der Waals surface area contributed by atoms with Crippen LogP contribution in [0.15, 0.2) is 53.7 Å². The molecular weight excluding hydrogens is 474 g/mol. The van der Waals surface area contributed by atoms with Gasteiger partial charge in [-0.05, 0) is 36.6 Å². The van der Waals surface area contributed by atoms with E-state index < -0.39 is 4.92 Å². The minimum atomic E-state index is -0.422. The van der Waals surface area contributed by atoms with E-state index >= 15 is 0 Å². The van der Waals surface area contributed by atoms with Crippen molar-refractivity contribution >= 4 is 23.4 Å². The molecule has 0 atom stereocenters. The van der Waals surface area contributed by atoms with Crippen LogP contribution in [0.25, 0.3) is 5.69 Å². The predicted octanol–water partition coefficient (Wildman–Crippen LogP) is 6.53. The first kappa shape index (κ1) is 27.4. The number of aryl methyl sites for hydroxylation is 1. The molecule has 0 spiro atoms. The van der Waals surface area contributed by atoms with Crippen LogP contribution in [0.3, 0.4) is 0 Å². The molecule has 0 radical (unpaired) electrons. The Kier molecular flexibility index (Phi) is 10.9. The number of carbonyl (C=O) groups excluding carboxylic acids is 1. The van der Waals surface area contributed by atoms with E-state index in [1.165, 1.54) is 55.4 Å². The molecule has 192 valence electrons. The summed E-state index contributed by atoms with van der Waals surface area (Å²) in [5.74, 6) is 1.29. The van der Waals surface area contributed by atoms with E-state index in [0.717, 1.165) is 12.8 Å². The maximum absolute atomic E-state index is 12.4. The van der Waals surface area contributed by atoms with Crippen molar-refractivity contribution in [3.63, 3.8) is 0 Å². The third-order valence-corrected chi connectivity index (χ3v) is 7.07. The number of nitro benzene ring substituents is 1. The minimum Gasteiger partial charge on any atom is -0.349 e. The van der Waals surface area contributed by atoms with E-state index in [2.05, 4.69) is 41.5 Å². The molecule has 0 aliphatic carbocycles. The second kappa shape index (κ2) is 14.4. The Morgan fingerprint density at radius 3 is 2.39 bits per heavy atom. The number of hydrogen-bond acceptors (Lipinski definition) is 6. The summed E-state index contributed by atoms with van der Waals surface area (Å²) in [6.07, 6.45) is 8.63. The van der Waals surface area contributed by atoms with Crippen LogP contribution in [0, 0.1) is 17.0 Å². The van der Waals surface area contributed by atoms with Crippen LogP contribution >= 0.6 is 11.8 Å². The number of benzene rings is 2. The zero-order chi connectivity index (χ0) is 25.8. The number of aromatic nitrogens is 3. The van der Waals surface area contributed by atoms with Gasteiger partial charge < -0.3 is 5.32 Å². The molecule has 8 nitrogen and oxygen atoms in total. The molecule has 9 heteroatoms. The van der Waals surface area contributed by atoms with Crippen molar-refractivity contribution in [3.05, 3.63) is 75.6 Å². The van der Waals surface area contributed by atoms with Gasteiger partial charge in [-0.25, -0.2) is 0 Å². The Morgan fingerprint density at radius 1 is 1.00 bits per heavy atom. The van der Waals surface area contributed by atoms with Crippen molar-refractivity contribution in [2.24, 2.45) is 0 Å². The van der Waals surface area contributed by atoms with Crippen LogP contribution in [0.1, 0.15) is 75.2 Å². The molecule has 0 unspecified atom stereocenters. The SMILES string of the molecule is CCCCCCCCCC(=O)NCc1nnc(SCc2ccccc2C)n1-c1ccc([N+](=O)[O-])cc1. The number of unbranched alkanes of at least 4 members (excludes halogenated alkanes) is 6. The number of non-ortho nitro benzene ring substituents is 1. The Bertz CT molecular complexity index is 1130. The van der Waals surface area contributed by atoms with Gasteiger partial charge in [0.05, 0.1) is 11.5 Å². The number of carbonyl (C=O) groups is 1. The van der Waals surface area contributed by atoms with Crippen LogP contribution in [0.4, 0.5) is 5.69 Å². The van der Waals surface area contributed by atoms with Crippen LogP contribution in [-0.4, -0.2) is 25.6 Å². The Balaban J connectivity index is 1.66. The van der Waals surface area contributed by atoms with Crippen molar-refractivity contribution in [1.82, 2.24) is 20.1 Å². The van der Waals surface area contributed by atoms with E-state index in [-0.39, 0.29) is 18.1 Å². The fraction of sp³-hybridized carbons (Fsp3) is 0.444. The van der Waals surface area contributed by atoms with Crippen LogP contribution in [-0.2, 0) is 17.1 Å². The van der Waals surface area contributed by atoms with Gasteiger partial charge in [0.25, 0.3) is 5.69 Å². The normalized spacial score (nSPS) is 10.9. The third-order valence-electron chi connectivity index (χ3n) is 6.09. The molecule has 0 fully saturated rings. The molecule has 3 aromatic rings. The summed E-state index contributed by atoms with van der Waals surface area (Å²) in [5, 5.41) is 23.4. The second-order valence-electron chi connectivity index (χ2n) is 8.87. The van der Waals surface area contributed by atoms with Gasteiger partial charge in [0.2, 0.25) is 5.91 Å². The topological polar surface area (TPSA) is 103 Å². The first-order valence-corrected chi connectivity index (χ1v) is 13.6. The van der Waals surface area contributed by atoms with Gasteiger partial charge >= 0.3 is 0 Å². The zero-order valence-electron chi connectivity index (χ0n) is 21.1. The maximum atomic E-state index is 12.4. The molecule has 36 heavy (non-hydrogen) atoms. The minimum absolute atomic E-state index is 0.00378. The summed E-state index contributed by atoms with van der Waals surface area (Å²) in [5.41, 5.74) is 3.13. The van der Waals surface area contributed by atoms with E-state index in [1.54, 1.807) is 23.9 Å². The number of nitro groups is 1. The number of hydrogen-bond donors (Lipinski definition) is 1. The highest BCUT2D eigenvalue weighted by Crippen LogP contribution is 2.27. The van der Waals surface area contributed by atoms with Crippen molar-refractivity contribution in [2.45, 2.75) is 82.7 Å². The lowest BCUT2D eigenvalue weighted by Gasteiger charge is -2.11. The standard InChI is InChI=1S/C27H35N5O3S/c1-3-4-5-6-7-8-9-14-26(33)28-19-25-29-30-27(36-20-22-13-11-10-12-21(22)2)31(25)23-15-17-24(18-16-23)32(34)35/h10-13,15-18H,3-9,14,19-20H2,1-2H3,(H,28,33). The van der Waals surface area contributed by atoms with Gasteiger partial charge in [0, 0.05) is 30.0 Å². The quantitative estimate of drug-likeness (QED) is 0.108. The first-order valence-electron chi connectivity index (χ1n) is 12.6. The summed E-state index contributed by atoms with van der Waals surface area (Å²) in [6.45, 7) is 4.52. The number of amides is 1. The van der Waals surface area contributed by atoms with Crippen molar-refractivity contribution < 1.29 is 9.72 Å². The molecule has 1 heterocycles. The Labute approximate surface area is 217 Å². The van der Waals surface area contributed by atoms with Crippen LogP contribution in [0.2, 0.25) is 0 Å². The summed E-state index contributed by atoms with van der Waals surface area (Å²) >= 11 is 1.54. The van der Waals surface area contributed by atoms with Gasteiger partial charge in [0.1, 0.15) is 0 Å². The Hall–Kier alpha value is -3.20. The molecule has 1 N–H and O–H groups in total. The van der Waals surface area contributed by atoms with Crippen LogP contribution in [0.5, 0.6) is 0 Å². The third kappa shape index (κ3) is 8.19. The largest absolute Gasteiger partial charge is 0.349 e. The summed E-state index contributed by atoms with van der Waals surface area (Å²) in [4.78, 5) is 23.1. The fourth-order valence-electron chi connectivity index (χ4n) is 3.91. The maximum Gasteiger partial charge on any atom is 0.269 e. The highest BCUT2D eigenvalue weighted by Gasteiger charge is 2.17. The van der Waals surface area contributed by atoms with Gasteiger partial charge in [-0.1, -0.05) is 81.5 Å². The predicted molar refractivity (Wildman–Crippen MR) is 143 cm³/mol. The van der Waals surface area contributed by atoms with Crippen molar-refractivity contribution in [3.8, 4) is 5.69 Å². The van der Waals surface area contributed by atoms with E-state index in [1.807, 2.05) is 16.7 Å². The molecule has 1 aromatic heterocycles. The fourth-order valence-corrected chi connectivity index (χ4v) is 4.96. The highest BCUT2D eigenvalue weighted by molar-refractivity contribution is 7.98. The monoisotopic (exact) mass is 509 g/mol. The average molecular weight is 510 g/mol. The van der Waals surface area contributed by atoms with Crippen molar-refractivity contribution in [1.29, 1.82) is 0 Å². The van der Waals surface area contributed by atoms with E-state index in [9.17, 15) is 14.9 Å². The van der Waals surface area contributed by atoms with Crippen molar-refractivity contribution in [2.75, 3.05) is 0 Å². The highest BCUT2D eigenvalue weighted by atomic mass is 32.2. The van der Waals surface area contributed by atoms with E-state index in [0.29, 0.717) is 28.8 Å². The summed E-state index contributed by atoms with van der Waals surface area (Å²) in [6, 6.07) is 14.5. The molecule has 0 saturated carbocycles. The summed E-state index contributed by atoms with van der Waals surface area (Å²) in [7, 11) is 0. The lowest BCUT2D eigenvalue weighted by molar-refractivity contribution is -0.384. The summed E-state index contributed by atoms with van der Waals surface area (Å²) < 4.78 is 1.86. The van der Waals surface area contributed by atoms with E-state index in [4.69, 9.17) is 0 Å². The molecular formula is C27H35N5O3S. The lowest BCUT2D eigenvalue weighted by atomic mass is 10.1. The number of thioether (sulfide) groups is 1. The molecule has 0 aliphatic rings. The molecule has 2 aromatic carbocycles. The Morgan fingerprint density at radius 2 is 1.69 bits per heavy atom. The lowest BCUT2D eigenvalue weighted by Crippen LogP contribution is -2.24. The number of nitrogens with one attached hydrogen (secondary N) is 1. The zero-order valence-corrected chi connectivity index (χ0v) is 21.9. The molecule has 0 aliphatic heterocycles. The molecule has 0 bridgehead atoms. The van der Waals surface area contributed by atoms with Gasteiger partial charge in [-0.3, -0.25) is 19.5 Å².